The van der Waals surface area contributed by atoms with Gasteiger partial charge in [0.1, 0.15) is 11.6 Å². The molecule has 1 fully saturated rings. The highest BCUT2D eigenvalue weighted by molar-refractivity contribution is 6.31. The number of rotatable bonds is 8. The van der Waals surface area contributed by atoms with Gasteiger partial charge in [0.25, 0.3) is 0 Å². The van der Waals surface area contributed by atoms with Crippen LogP contribution in [0.3, 0.4) is 0 Å². The van der Waals surface area contributed by atoms with Gasteiger partial charge in [-0.3, -0.25) is 4.79 Å². The maximum atomic E-state index is 13.8. The summed E-state index contributed by atoms with van der Waals surface area (Å²) in [4.78, 5) is 25.7. The molecule has 7 nitrogen and oxygen atoms in total. The first-order chi connectivity index (χ1) is 20.3. The Morgan fingerprint density at radius 3 is 2.36 bits per heavy atom. The van der Waals surface area contributed by atoms with Crippen molar-refractivity contribution in [1.82, 2.24) is 15.3 Å². The lowest BCUT2D eigenvalue weighted by molar-refractivity contribution is -0.132. The Hall–Kier alpha value is -3.55. The molecule has 0 atom stereocenters. The van der Waals surface area contributed by atoms with Gasteiger partial charge in [-0.15, -0.1) is 0 Å². The highest BCUT2D eigenvalue weighted by atomic mass is 35.5. The number of halogens is 2. The van der Waals surface area contributed by atoms with Crippen molar-refractivity contribution in [2.75, 3.05) is 37.5 Å². The molecule has 1 aromatic heterocycles. The molecule has 0 saturated carbocycles. The number of carbonyl (C=O) groups is 1. The third-order valence-corrected chi connectivity index (χ3v) is 8.40. The number of aromatic nitrogens is 2. The van der Waals surface area contributed by atoms with Crippen molar-refractivity contribution < 1.29 is 9.53 Å². The number of aryl methyl sites for hydroxylation is 1. The number of benzene rings is 3. The number of nitrogens with zero attached hydrogens (tertiary/aromatic N) is 3. The smallest absolute Gasteiger partial charge is 0.227 e. The van der Waals surface area contributed by atoms with Crippen molar-refractivity contribution in [3.05, 3.63) is 87.4 Å². The molecule has 2 N–H and O–H groups in total. The molecular weight excluding hydrogens is 569 g/mol. The molecule has 0 aliphatic carbocycles. The average Bonchev–Trinajstić information content (AvgIpc) is 3.02. The number of fused-ring (bicyclic) bond motifs is 1. The normalized spacial score (nSPS) is 14.1. The molecule has 1 amide bonds. The van der Waals surface area contributed by atoms with Crippen LogP contribution in [0.1, 0.15) is 43.4 Å². The fourth-order valence-corrected chi connectivity index (χ4v) is 5.75. The van der Waals surface area contributed by atoms with Crippen LogP contribution in [-0.4, -0.2) is 43.1 Å². The molecule has 0 bridgehead atoms. The standard InChI is InChI=1S/C31H33Cl2N5O2.C2H6/c1-20-16-24-26(17-27(20)40-3)36-30(37-28(24)34-2)38-14-12-31(13-15-38,18-21-8-10-23(32)11-9-21)29(39)35-19-22-6-4-5-7-25(22)33;1-2/h4-11,16-17H,12-15,18-19H2,1-3H3,(H,35,39)(H,34,36,37);1-2H3. The van der Waals surface area contributed by atoms with Crippen LogP contribution < -0.4 is 20.3 Å². The van der Waals surface area contributed by atoms with Crippen LogP contribution in [0.5, 0.6) is 5.75 Å². The molecule has 0 unspecified atom stereocenters. The molecule has 3 aromatic carbocycles. The van der Waals surface area contributed by atoms with Crippen molar-refractivity contribution >= 4 is 51.8 Å². The number of methoxy groups -OCH3 is 1. The Labute approximate surface area is 258 Å². The average molecular weight is 609 g/mol. The van der Waals surface area contributed by atoms with Crippen molar-refractivity contribution in [2.45, 2.75) is 46.6 Å². The second kappa shape index (κ2) is 14.1. The van der Waals surface area contributed by atoms with E-state index in [-0.39, 0.29) is 5.91 Å². The van der Waals surface area contributed by atoms with Crippen molar-refractivity contribution in [1.29, 1.82) is 0 Å². The summed E-state index contributed by atoms with van der Waals surface area (Å²) in [5.74, 6) is 2.22. The summed E-state index contributed by atoms with van der Waals surface area (Å²) >= 11 is 12.5. The number of anilines is 2. The summed E-state index contributed by atoms with van der Waals surface area (Å²) in [6.45, 7) is 7.67. The molecule has 1 aliphatic rings. The number of amides is 1. The summed E-state index contributed by atoms with van der Waals surface area (Å²) < 4.78 is 5.54. The lowest BCUT2D eigenvalue weighted by Gasteiger charge is -2.41. The third-order valence-electron chi connectivity index (χ3n) is 7.78. The maximum Gasteiger partial charge on any atom is 0.227 e. The van der Waals surface area contributed by atoms with Gasteiger partial charge in [-0.2, -0.15) is 4.98 Å². The number of hydrogen-bond donors (Lipinski definition) is 2. The first kappa shape index (κ1) is 31.4. The van der Waals surface area contributed by atoms with E-state index in [0.717, 1.165) is 39.2 Å². The molecule has 2 heterocycles. The minimum absolute atomic E-state index is 0.0255. The van der Waals surface area contributed by atoms with Gasteiger partial charge in [0.2, 0.25) is 11.9 Å². The van der Waals surface area contributed by atoms with Gasteiger partial charge >= 0.3 is 0 Å². The summed E-state index contributed by atoms with van der Waals surface area (Å²) in [7, 11) is 3.53. The van der Waals surface area contributed by atoms with Crippen molar-refractivity contribution in [3.8, 4) is 5.75 Å². The van der Waals surface area contributed by atoms with E-state index < -0.39 is 5.41 Å². The molecule has 0 spiro atoms. The lowest BCUT2D eigenvalue weighted by atomic mass is 9.73. The summed E-state index contributed by atoms with van der Waals surface area (Å²) in [5, 5.41) is 8.66. The minimum atomic E-state index is -0.589. The molecule has 42 heavy (non-hydrogen) atoms. The fraction of sp³-hybridized carbons (Fsp3) is 0.364. The van der Waals surface area contributed by atoms with Crippen molar-refractivity contribution in [3.63, 3.8) is 0 Å². The first-order valence-electron chi connectivity index (χ1n) is 14.4. The van der Waals surface area contributed by atoms with E-state index >= 15 is 0 Å². The van der Waals surface area contributed by atoms with Crippen LogP contribution in [0.15, 0.2) is 60.7 Å². The van der Waals surface area contributed by atoms with Gasteiger partial charge < -0.3 is 20.3 Å². The largest absolute Gasteiger partial charge is 0.496 e. The highest BCUT2D eigenvalue weighted by Gasteiger charge is 2.42. The highest BCUT2D eigenvalue weighted by Crippen LogP contribution is 2.38. The van der Waals surface area contributed by atoms with Gasteiger partial charge in [-0.1, -0.05) is 67.4 Å². The zero-order valence-corrected chi connectivity index (χ0v) is 26.4. The van der Waals surface area contributed by atoms with Gasteiger partial charge in [-0.25, -0.2) is 4.98 Å². The van der Waals surface area contributed by atoms with Crippen LogP contribution in [0, 0.1) is 12.3 Å². The minimum Gasteiger partial charge on any atom is -0.496 e. The molecule has 1 aliphatic heterocycles. The van der Waals surface area contributed by atoms with Gasteiger partial charge in [-0.05, 0) is 67.1 Å². The SMILES string of the molecule is CC.CNc1nc(N2CCC(Cc3ccc(Cl)cc3)(C(=O)NCc3ccccc3Cl)CC2)nc2cc(OC)c(C)cc12. The second-order valence-electron chi connectivity index (χ2n) is 10.3. The topological polar surface area (TPSA) is 79.4 Å². The van der Waals surface area contributed by atoms with E-state index in [1.807, 2.05) is 88.5 Å². The fourth-order valence-electron chi connectivity index (χ4n) is 5.42. The molecule has 0 radical (unpaired) electrons. The Kier molecular flexibility index (Phi) is 10.5. The van der Waals surface area contributed by atoms with E-state index in [2.05, 4.69) is 15.5 Å². The van der Waals surface area contributed by atoms with E-state index in [9.17, 15) is 4.79 Å². The van der Waals surface area contributed by atoms with E-state index in [1.165, 1.54) is 0 Å². The van der Waals surface area contributed by atoms with Gasteiger partial charge in [0.05, 0.1) is 18.0 Å². The van der Waals surface area contributed by atoms with Crippen LogP contribution in [-0.2, 0) is 17.8 Å². The van der Waals surface area contributed by atoms with Crippen LogP contribution in [0.2, 0.25) is 10.0 Å². The van der Waals surface area contributed by atoms with E-state index in [4.69, 9.17) is 37.9 Å². The van der Waals surface area contributed by atoms with E-state index in [1.54, 1.807) is 7.11 Å². The number of piperidine rings is 1. The summed E-state index contributed by atoms with van der Waals surface area (Å²) in [6.07, 6.45) is 1.91. The van der Waals surface area contributed by atoms with Crippen LogP contribution in [0.25, 0.3) is 10.9 Å². The van der Waals surface area contributed by atoms with Crippen LogP contribution in [0.4, 0.5) is 11.8 Å². The molecule has 1 saturated heterocycles. The lowest BCUT2D eigenvalue weighted by Crippen LogP contribution is -2.50. The maximum absolute atomic E-state index is 13.8. The predicted octanol–water partition coefficient (Wildman–Crippen LogP) is 7.47. The predicted molar refractivity (Wildman–Crippen MR) is 174 cm³/mol. The first-order valence-corrected chi connectivity index (χ1v) is 15.1. The molecular formula is C33H39Cl2N5O2. The number of ether oxygens (including phenoxy) is 1. The Morgan fingerprint density at radius 1 is 1.02 bits per heavy atom. The Bertz CT molecular complexity index is 1520. The number of carbonyl (C=O) groups excluding carboxylic acids is 1. The summed E-state index contributed by atoms with van der Waals surface area (Å²) in [5.41, 5.74) is 3.22. The molecule has 9 heteroatoms. The van der Waals surface area contributed by atoms with Gasteiger partial charge in [0, 0.05) is 48.2 Å². The Balaban J connectivity index is 0.00000198. The van der Waals surface area contributed by atoms with Crippen molar-refractivity contribution in [2.24, 2.45) is 5.41 Å². The second-order valence-corrected chi connectivity index (χ2v) is 11.1. The zero-order valence-electron chi connectivity index (χ0n) is 24.9. The Morgan fingerprint density at radius 2 is 1.71 bits per heavy atom. The number of hydrogen-bond acceptors (Lipinski definition) is 6. The van der Waals surface area contributed by atoms with E-state index in [0.29, 0.717) is 54.9 Å². The number of nitrogens with one attached hydrogen (secondary N) is 2. The van der Waals surface area contributed by atoms with Gasteiger partial charge in [0.15, 0.2) is 0 Å². The molecule has 5 rings (SSSR count). The quantitative estimate of drug-likeness (QED) is 0.216. The summed E-state index contributed by atoms with van der Waals surface area (Å²) in [6, 6.07) is 19.3. The molecule has 4 aromatic rings. The molecule has 222 valence electrons. The van der Waals surface area contributed by atoms with Crippen LogP contribution >= 0.6 is 23.2 Å². The third kappa shape index (κ3) is 6.90. The monoisotopic (exact) mass is 607 g/mol. The zero-order chi connectivity index (χ0) is 30.3.